The summed E-state index contributed by atoms with van der Waals surface area (Å²) >= 11 is 6.80. The molecule has 3 rings (SSSR count). The Bertz CT molecular complexity index is 1020. The van der Waals surface area contributed by atoms with Gasteiger partial charge in [-0.1, -0.05) is 23.7 Å². The van der Waals surface area contributed by atoms with E-state index in [1.165, 1.54) is 7.11 Å². The molecular weight excluding hydrogens is 430 g/mol. The van der Waals surface area contributed by atoms with E-state index >= 15 is 0 Å². The molecule has 0 radical (unpaired) electrons. The Morgan fingerprint density at radius 2 is 1.97 bits per heavy atom. The highest BCUT2D eigenvalue weighted by Gasteiger charge is 2.36. The van der Waals surface area contributed by atoms with E-state index in [4.69, 9.17) is 25.8 Å². The zero-order valence-electron chi connectivity index (χ0n) is 16.2. The number of hydrogen-bond donors (Lipinski definition) is 0. The zero-order chi connectivity index (χ0) is 21.7. The molecule has 1 heterocycles. The Labute approximate surface area is 182 Å². The number of carbonyl (C=O) groups is 3. The lowest BCUT2D eigenvalue weighted by Crippen LogP contribution is -2.27. The predicted molar refractivity (Wildman–Crippen MR) is 115 cm³/mol. The number of carbonyl (C=O) groups excluding carboxylic acids is 3. The van der Waals surface area contributed by atoms with Crippen LogP contribution in [0, 0.1) is 0 Å². The van der Waals surface area contributed by atoms with Gasteiger partial charge in [0.1, 0.15) is 0 Å². The summed E-state index contributed by atoms with van der Waals surface area (Å²) in [5, 5.41) is 0.00915. The van der Waals surface area contributed by atoms with E-state index in [-0.39, 0.29) is 18.1 Å². The Morgan fingerprint density at radius 1 is 1.17 bits per heavy atom. The van der Waals surface area contributed by atoms with Crippen molar-refractivity contribution in [1.82, 2.24) is 0 Å². The molecule has 30 heavy (non-hydrogen) atoms. The van der Waals surface area contributed by atoms with Crippen molar-refractivity contribution in [2.75, 3.05) is 25.2 Å². The van der Waals surface area contributed by atoms with Gasteiger partial charge in [0.25, 0.3) is 11.1 Å². The zero-order valence-corrected chi connectivity index (χ0v) is 17.8. The number of nitrogens with zero attached hydrogens (tertiary/aromatic N) is 1. The van der Waals surface area contributed by atoms with Crippen LogP contribution in [0.4, 0.5) is 10.5 Å². The molecule has 1 fully saturated rings. The summed E-state index contributed by atoms with van der Waals surface area (Å²) in [6.07, 6.45) is 1.58. The highest BCUT2D eigenvalue weighted by atomic mass is 35.5. The molecule has 2 aromatic rings. The highest BCUT2D eigenvalue weighted by molar-refractivity contribution is 8.19. The second-order valence-corrected chi connectivity index (χ2v) is 7.43. The summed E-state index contributed by atoms with van der Waals surface area (Å²) in [6, 6.07) is 11.5. The van der Waals surface area contributed by atoms with Crippen molar-refractivity contribution in [2.24, 2.45) is 0 Å². The van der Waals surface area contributed by atoms with Crippen molar-refractivity contribution >= 4 is 52.2 Å². The molecule has 0 aromatic heterocycles. The second kappa shape index (κ2) is 9.69. The van der Waals surface area contributed by atoms with Gasteiger partial charge in [0, 0.05) is 5.02 Å². The van der Waals surface area contributed by atoms with Crippen LogP contribution in [0.15, 0.2) is 47.4 Å². The van der Waals surface area contributed by atoms with Gasteiger partial charge in [-0.05, 0) is 60.7 Å². The van der Waals surface area contributed by atoms with Gasteiger partial charge in [-0.3, -0.25) is 9.59 Å². The molecule has 156 valence electrons. The number of methoxy groups -OCH3 is 1. The normalized spacial score (nSPS) is 14.9. The fourth-order valence-corrected chi connectivity index (χ4v) is 3.72. The van der Waals surface area contributed by atoms with Gasteiger partial charge in [0.05, 0.1) is 24.3 Å². The van der Waals surface area contributed by atoms with Crippen molar-refractivity contribution in [3.8, 4) is 11.5 Å². The smallest absolute Gasteiger partial charge is 0.344 e. The Hall–Kier alpha value is -2.97. The third-order valence-corrected chi connectivity index (χ3v) is 5.10. The summed E-state index contributed by atoms with van der Waals surface area (Å²) in [5.74, 6) is -0.221. The maximum atomic E-state index is 12.8. The molecule has 1 saturated heterocycles. The van der Waals surface area contributed by atoms with Crippen LogP contribution in [0.5, 0.6) is 11.5 Å². The number of amides is 2. The predicted octanol–water partition coefficient (Wildman–Crippen LogP) is 4.53. The van der Waals surface area contributed by atoms with Crippen LogP contribution >= 0.6 is 23.4 Å². The van der Waals surface area contributed by atoms with Crippen molar-refractivity contribution in [1.29, 1.82) is 0 Å². The van der Waals surface area contributed by atoms with Gasteiger partial charge >= 0.3 is 5.97 Å². The van der Waals surface area contributed by atoms with Gasteiger partial charge < -0.3 is 14.2 Å². The fourth-order valence-electron chi connectivity index (χ4n) is 2.69. The quantitative estimate of drug-likeness (QED) is 0.455. The van der Waals surface area contributed by atoms with Crippen LogP contribution in [0.25, 0.3) is 6.08 Å². The molecule has 7 nitrogen and oxygen atoms in total. The number of halogens is 1. The maximum Gasteiger partial charge on any atom is 0.344 e. The maximum absolute atomic E-state index is 12.8. The molecule has 0 spiro atoms. The minimum absolute atomic E-state index is 0.251. The van der Waals surface area contributed by atoms with Gasteiger partial charge in [-0.15, -0.1) is 0 Å². The first-order valence-electron chi connectivity index (χ1n) is 8.93. The fraction of sp³-hybridized carbons (Fsp3) is 0.190. The molecule has 1 aliphatic heterocycles. The molecule has 1 aliphatic rings. The first kappa shape index (κ1) is 21.7. The molecule has 0 saturated carbocycles. The first-order chi connectivity index (χ1) is 14.4. The largest absolute Gasteiger partial charge is 0.493 e. The molecule has 2 amide bonds. The van der Waals surface area contributed by atoms with Crippen LogP contribution in [0.2, 0.25) is 5.02 Å². The van der Waals surface area contributed by atoms with Crippen molar-refractivity contribution in [3.05, 3.63) is 58.0 Å². The van der Waals surface area contributed by atoms with Crippen molar-refractivity contribution in [3.63, 3.8) is 0 Å². The van der Waals surface area contributed by atoms with Crippen LogP contribution < -0.4 is 14.4 Å². The SMILES string of the molecule is CCOC(=O)COc1cc(/C=C2/SC(=O)N(c3cccc(Cl)c3)C2=O)ccc1OC. The first-order valence-corrected chi connectivity index (χ1v) is 10.1. The molecule has 0 atom stereocenters. The molecule has 9 heteroatoms. The van der Waals surface area contributed by atoms with E-state index in [9.17, 15) is 14.4 Å². The molecule has 2 aromatic carbocycles. The minimum Gasteiger partial charge on any atom is -0.493 e. The van der Waals surface area contributed by atoms with Crippen molar-refractivity contribution < 1.29 is 28.6 Å². The van der Waals surface area contributed by atoms with E-state index in [1.807, 2.05) is 0 Å². The van der Waals surface area contributed by atoms with Crippen LogP contribution in [0.1, 0.15) is 12.5 Å². The summed E-state index contributed by atoms with van der Waals surface area (Å²) < 4.78 is 15.6. The second-order valence-electron chi connectivity index (χ2n) is 6.00. The molecule has 0 N–H and O–H groups in total. The molecule has 0 aliphatic carbocycles. The number of benzene rings is 2. The van der Waals surface area contributed by atoms with Gasteiger partial charge in [0.15, 0.2) is 18.1 Å². The average Bonchev–Trinajstić information content (AvgIpc) is 2.99. The Kier molecular flexibility index (Phi) is 7.02. The lowest BCUT2D eigenvalue weighted by atomic mass is 10.2. The summed E-state index contributed by atoms with van der Waals surface area (Å²) in [6.45, 7) is 1.68. The Balaban J connectivity index is 1.84. The van der Waals surface area contributed by atoms with Crippen LogP contribution in [-0.2, 0) is 14.3 Å². The summed E-state index contributed by atoms with van der Waals surface area (Å²) in [5.41, 5.74) is 1.01. The van der Waals surface area contributed by atoms with Crippen LogP contribution in [-0.4, -0.2) is 37.4 Å². The topological polar surface area (TPSA) is 82.1 Å². The standard InChI is InChI=1S/C21H18ClNO6S/c1-3-28-19(24)12-29-17-9-13(7-8-16(17)27-2)10-18-20(25)23(21(26)30-18)15-6-4-5-14(22)11-15/h4-11H,3,12H2,1-2H3/b18-10+. The summed E-state index contributed by atoms with van der Waals surface area (Å²) in [7, 11) is 1.47. The van der Waals surface area contributed by atoms with Crippen LogP contribution in [0.3, 0.4) is 0 Å². The van der Waals surface area contributed by atoms with E-state index < -0.39 is 17.1 Å². The summed E-state index contributed by atoms with van der Waals surface area (Å²) in [4.78, 5) is 38.1. The number of ether oxygens (including phenoxy) is 3. The molecular formula is C21H18ClNO6S. The van der Waals surface area contributed by atoms with Gasteiger partial charge in [-0.25, -0.2) is 9.69 Å². The van der Waals surface area contributed by atoms with Gasteiger partial charge in [0.2, 0.25) is 0 Å². The number of imide groups is 1. The molecule has 0 unspecified atom stereocenters. The third kappa shape index (κ3) is 4.95. The number of esters is 1. The van der Waals surface area contributed by atoms with Gasteiger partial charge in [-0.2, -0.15) is 0 Å². The minimum atomic E-state index is -0.507. The van der Waals surface area contributed by atoms with Crippen molar-refractivity contribution in [2.45, 2.75) is 6.92 Å². The van der Waals surface area contributed by atoms with E-state index in [0.29, 0.717) is 27.8 Å². The average molecular weight is 448 g/mol. The van der Waals surface area contributed by atoms with E-state index in [0.717, 1.165) is 16.7 Å². The molecule has 0 bridgehead atoms. The lowest BCUT2D eigenvalue weighted by Gasteiger charge is -2.12. The van der Waals surface area contributed by atoms with E-state index in [1.54, 1.807) is 55.5 Å². The highest BCUT2D eigenvalue weighted by Crippen LogP contribution is 2.37. The number of rotatable bonds is 7. The number of thioether (sulfide) groups is 1. The lowest BCUT2D eigenvalue weighted by molar-refractivity contribution is -0.145. The Morgan fingerprint density at radius 3 is 2.67 bits per heavy atom. The monoisotopic (exact) mass is 447 g/mol. The van der Waals surface area contributed by atoms with E-state index in [2.05, 4.69) is 0 Å². The third-order valence-electron chi connectivity index (χ3n) is 4.00. The number of hydrogen-bond acceptors (Lipinski definition) is 7. The number of anilines is 1.